The molecular weight excluding hydrogens is 1230 g/mol. The predicted octanol–water partition coefficient (Wildman–Crippen LogP) is 20.4. The summed E-state index contributed by atoms with van der Waals surface area (Å²) in [6.45, 7) is 4.56. The van der Waals surface area contributed by atoms with Crippen molar-refractivity contribution in [2.24, 2.45) is 0 Å². The van der Waals surface area contributed by atoms with E-state index in [0.29, 0.717) is 32.1 Å². The third-order valence-corrected chi connectivity index (χ3v) is 16.9. The molecule has 0 amide bonds. The fraction of sp³-hybridized carbons (Fsp3) is 0.733. The van der Waals surface area contributed by atoms with Crippen molar-refractivity contribution in [3.8, 4) is 0 Å². The van der Waals surface area contributed by atoms with Crippen LogP contribution < -0.4 is 0 Å². The number of ether oxygens (including phenoxy) is 4. The number of allylic oxidation sites excluding steroid dienone is 16. The molecule has 0 radical (unpaired) electrons. The first kappa shape index (κ1) is 90.0. The maximum absolute atomic E-state index is 13.0. The molecule has 0 bridgehead atoms. The van der Waals surface area contributed by atoms with E-state index in [1.54, 1.807) is 0 Å². The lowest BCUT2D eigenvalue weighted by atomic mass is 10.0. The highest BCUT2D eigenvalue weighted by atomic mass is 31.2. The average Bonchev–Trinajstić information content (AvgIpc) is 2.15. The molecule has 0 aliphatic carbocycles. The molecule has 0 aromatic carbocycles. The number of unbranched alkanes of at least 4 members (excludes halogenated alkanes) is 26. The molecule has 17 nitrogen and oxygen atoms in total. The van der Waals surface area contributed by atoms with Gasteiger partial charge in [0.15, 0.2) is 12.2 Å². The van der Waals surface area contributed by atoms with Crippen molar-refractivity contribution >= 4 is 39.5 Å². The smallest absolute Gasteiger partial charge is 0.462 e. The first-order valence-electron chi connectivity index (χ1n) is 36.5. The zero-order valence-corrected chi connectivity index (χ0v) is 60.7. The monoisotopic (exact) mass is 1360 g/mol. The first-order chi connectivity index (χ1) is 45.7. The number of aliphatic hydroxyl groups is 1. The first-order valence-corrected chi connectivity index (χ1v) is 39.5. The van der Waals surface area contributed by atoms with Gasteiger partial charge in [0, 0.05) is 25.7 Å². The number of carbonyl (C=O) groups is 4. The van der Waals surface area contributed by atoms with Gasteiger partial charge in [-0.25, -0.2) is 9.13 Å². The van der Waals surface area contributed by atoms with Gasteiger partial charge in [-0.05, 0) is 109 Å². The molecule has 0 aromatic heterocycles. The molecule has 5 atom stereocenters. The summed E-state index contributed by atoms with van der Waals surface area (Å²) in [6, 6.07) is 0. The largest absolute Gasteiger partial charge is 0.472 e. The van der Waals surface area contributed by atoms with Gasteiger partial charge >= 0.3 is 39.5 Å². The highest BCUT2D eigenvalue weighted by Gasteiger charge is 2.30. The van der Waals surface area contributed by atoms with Gasteiger partial charge < -0.3 is 33.8 Å². The van der Waals surface area contributed by atoms with E-state index < -0.39 is 97.5 Å². The van der Waals surface area contributed by atoms with Crippen LogP contribution in [0.4, 0.5) is 0 Å². The topological polar surface area (TPSA) is 237 Å². The molecular formula is C75H130O17P2. The number of hydrogen-bond acceptors (Lipinski definition) is 15. The molecule has 19 heteroatoms. The summed E-state index contributed by atoms with van der Waals surface area (Å²) in [5, 5.41) is 10.6. The number of carbonyl (C=O) groups excluding carboxylic acids is 4. The minimum absolute atomic E-state index is 0.0807. The molecule has 0 fully saturated rings. The van der Waals surface area contributed by atoms with Crippen molar-refractivity contribution in [1.82, 2.24) is 0 Å². The van der Waals surface area contributed by atoms with E-state index in [4.69, 9.17) is 37.0 Å². The van der Waals surface area contributed by atoms with E-state index in [-0.39, 0.29) is 25.7 Å². The number of phosphoric ester groups is 2. The molecule has 0 saturated heterocycles. The van der Waals surface area contributed by atoms with Gasteiger partial charge in [0.05, 0.1) is 26.4 Å². The van der Waals surface area contributed by atoms with Crippen molar-refractivity contribution in [3.05, 3.63) is 97.2 Å². The van der Waals surface area contributed by atoms with Gasteiger partial charge in [-0.15, -0.1) is 0 Å². The van der Waals surface area contributed by atoms with E-state index in [2.05, 4.69) is 113 Å². The van der Waals surface area contributed by atoms with Gasteiger partial charge in [0.2, 0.25) is 0 Å². The number of aliphatic hydroxyl groups excluding tert-OH is 1. The minimum atomic E-state index is -4.98. The summed E-state index contributed by atoms with van der Waals surface area (Å²) in [5.41, 5.74) is 0. The summed E-state index contributed by atoms with van der Waals surface area (Å²) in [6.07, 6.45) is 68.5. The summed E-state index contributed by atoms with van der Waals surface area (Å²) in [5.74, 6) is -2.26. The Labute approximate surface area is 569 Å². The van der Waals surface area contributed by atoms with Crippen LogP contribution in [0.3, 0.4) is 0 Å². The lowest BCUT2D eigenvalue weighted by molar-refractivity contribution is -0.161. The molecule has 94 heavy (non-hydrogen) atoms. The average molecular weight is 1370 g/mol. The number of rotatable bonds is 68. The third-order valence-electron chi connectivity index (χ3n) is 15.0. The van der Waals surface area contributed by atoms with Gasteiger partial charge in [-0.1, -0.05) is 260 Å². The van der Waals surface area contributed by atoms with E-state index in [9.17, 15) is 43.2 Å². The zero-order valence-electron chi connectivity index (χ0n) is 58.9. The molecule has 0 saturated carbocycles. The van der Waals surface area contributed by atoms with Gasteiger partial charge in [-0.2, -0.15) is 0 Å². The van der Waals surface area contributed by atoms with Crippen LogP contribution in [0.2, 0.25) is 0 Å². The summed E-state index contributed by atoms with van der Waals surface area (Å²) >= 11 is 0. The van der Waals surface area contributed by atoms with Crippen LogP contribution in [-0.2, 0) is 65.4 Å². The summed E-state index contributed by atoms with van der Waals surface area (Å²) in [7, 11) is -9.95. The Bertz CT molecular complexity index is 2170. The van der Waals surface area contributed by atoms with Gasteiger partial charge in [0.25, 0.3) is 0 Å². The molecule has 3 N–H and O–H groups in total. The molecule has 0 spiro atoms. The predicted molar refractivity (Wildman–Crippen MR) is 381 cm³/mol. The number of hydrogen-bond donors (Lipinski definition) is 3. The molecule has 0 aliphatic heterocycles. The number of phosphoric acid groups is 2. The molecule has 542 valence electrons. The fourth-order valence-electron chi connectivity index (χ4n) is 9.45. The fourth-order valence-corrected chi connectivity index (χ4v) is 11.0. The highest BCUT2D eigenvalue weighted by molar-refractivity contribution is 7.47. The Morgan fingerprint density at radius 3 is 0.979 bits per heavy atom. The molecule has 0 rings (SSSR count). The molecule has 0 aromatic rings. The van der Waals surface area contributed by atoms with Crippen LogP contribution in [0.25, 0.3) is 0 Å². The Hall–Kier alpha value is -4.02. The Balaban J connectivity index is 5.37. The quantitative estimate of drug-likeness (QED) is 0.0169. The van der Waals surface area contributed by atoms with Crippen molar-refractivity contribution in [2.45, 2.75) is 316 Å². The molecule has 5 unspecified atom stereocenters. The van der Waals surface area contributed by atoms with Crippen molar-refractivity contribution in [1.29, 1.82) is 0 Å². The Morgan fingerprint density at radius 2 is 0.596 bits per heavy atom. The zero-order chi connectivity index (χ0) is 69.0. The second-order valence-electron chi connectivity index (χ2n) is 24.2. The van der Waals surface area contributed by atoms with Crippen LogP contribution >= 0.6 is 15.6 Å². The summed E-state index contributed by atoms with van der Waals surface area (Å²) in [4.78, 5) is 72.6. The van der Waals surface area contributed by atoms with Gasteiger partial charge in [-0.3, -0.25) is 37.3 Å². The standard InChI is InChI=1S/C75H130O17P2/c1-5-9-13-17-21-25-29-32-33-34-35-38-41-44-48-52-56-60-73(78)86-66-71(92-75(80)62-58-54-50-46-42-37-31-27-23-19-15-11-7-3)68-90-94(83,84)88-64-69(76)63-87-93(81,82)89-67-70(91-74(79)61-57-53-49-45-39-28-24-20-16-12-8-4)65-85-72(77)59-55-51-47-43-40-36-30-26-22-18-14-10-6-2/h9,13-14,18,20-21,24-26,30,32-33,35,38,44,48,69-71,76H,5-8,10-12,15-17,19,22-23,27-29,31,34,36-37,39-43,45-47,49-68H2,1-4H3,(H,81,82)(H,83,84)/b13-9-,18-14-,24-20-,25-21-,30-26-,33-32-,38-35-,48-44-. The van der Waals surface area contributed by atoms with E-state index in [1.165, 1.54) is 64.2 Å². The SMILES string of the molecule is CC/C=C\C/C=C\C/C=C\C/C=C\C/C=C\CCCC(=O)OCC(COP(=O)(O)OCC(O)COP(=O)(O)OCC(COC(=O)CCCCCCC/C=C\C/C=C\CCC)OC(=O)CCCCCCC/C=C\CCCC)OC(=O)CCCCCCCCCCCCCCC. The third kappa shape index (κ3) is 66.6. The molecule has 0 aliphatic rings. The second kappa shape index (κ2) is 67.5. The van der Waals surface area contributed by atoms with Crippen molar-refractivity contribution < 1.29 is 80.2 Å². The number of esters is 4. The van der Waals surface area contributed by atoms with Crippen LogP contribution in [0.5, 0.6) is 0 Å². The van der Waals surface area contributed by atoms with E-state index >= 15 is 0 Å². The lowest BCUT2D eigenvalue weighted by Crippen LogP contribution is -2.30. The van der Waals surface area contributed by atoms with E-state index in [1.807, 2.05) is 12.2 Å². The molecule has 0 heterocycles. The normalized spacial score (nSPS) is 14.6. The van der Waals surface area contributed by atoms with Gasteiger partial charge in [0.1, 0.15) is 19.3 Å². The maximum Gasteiger partial charge on any atom is 0.472 e. The van der Waals surface area contributed by atoms with Crippen LogP contribution in [0.15, 0.2) is 97.2 Å². The van der Waals surface area contributed by atoms with E-state index in [0.717, 1.165) is 148 Å². The van der Waals surface area contributed by atoms with Crippen molar-refractivity contribution in [3.63, 3.8) is 0 Å². The van der Waals surface area contributed by atoms with Crippen molar-refractivity contribution in [2.75, 3.05) is 39.6 Å². The van der Waals surface area contributed by atoms with Crippen LogP contribution in [0.1, 0.15) is 297 Å². The summed E-state index contributed by atoms with van der Waals surface area (Å²) < 4.78 is 68.2. The Kier molecular flexibility index (Phi) is 64.7. The lowest BCUT2D eigenvalue weighted by Gasteiger charge is -2.21. The van der Waals surface area contributed by atoms with Crippen LogP contribution in [-0.4, -0.2) is 96.7 Å². The maximum atomic E-state index is 13.0. The second-order valence-corrected chi connectivity index (χ2v) is 27.1. The minimum Gasteiger partial charge on any atom is -0.462 e. The Morgan fingerprint density at radius 1 is 0.309 bits per heavy atom. The highest BCUT2D eigenvalue weighted by Crippen LogP contribution is 2.45. The van der Waals surface area contributed by atoms with Crippen LogP contribution in [0, 0.1) is 0 Å².